The number of rotatable bonds is 4. The highest BCUT2D eigenvalue weighted by Crippen LogP contribution is 2.22. The first-order valence-corrected chi connectivity index (χ1v) is 5.71. The third-order valence-electron chi connectivity index (χ3n) is 2.90. The molecular formula is C11H20N2O. The van der Waals surface area contributed by atoms with Crippen LogP contribution in [0.3, 0.4) is 0 Å². The highest BCUT2D eigenvalue weighted by molar-refractivity contribution is 5.84. The summed E-state index contributed by atoms with van der Waals surface area (Å²) in [5, 5.41) is 3.41. The molecule has 0 bridgehead atoms. The van der Waals surface area contributed by atoms with E-state index >= 15 is 0 Å². The molecule has 1 atom stereocenters. The van der Waals surface area contributed by atoms with Gasteiger partial charge < -0.3 is 10.2 Å². The van der Waals surface area contributed by atoms with E-state index < -0.39 is 0 Å². The highest BCUT2D eigenvalue weighted by atomic mass is 16.2. The monoisotopic (exact) mass is 196 g/mol. The van der Waals surface area contributed by atoms with E-state index in [-0.39, 0.29) is 6.04 Å². The minimum Gasteiger partial charge on any atom is -0.341 e. The Morgan fingerprint density at radius 3 is 2.71 bits per heavy atom. The van der Waals surface area contributed by atoms with Crippen molar-refractivity contribution in [2.45, 2.75) is 45.2 Å². The lowest BCUT2D eigenvalue weighted by Crippen LogP contribution is -2.40. The average Bonchev–Trinajstić information content (AvgIpc) is 2.86. The molecule has 1 heterocycles. The van der Waals surface area contributed by atoms with Crippen LogP contribution in [0.15, 0.2) is 0 Å². The number of nitrogens with one attached hydrogen (secondary N) is 1. The lowest BCUT2D eigenvalue weighted by atomic mass is 10.2. The van der Waals surface area contributed by atoms with Gasteiger partial charge in [0.25, 0.3) is 0 Å². The second-order valence-corrected chi connectivity index (χ2v) is 4.96. The van der Waals surface area contributed by atoms with E-state index in [1.54, 1.807) is 0 Å². The Labute approximate surface area is 85.8 Å². The second kappa shape index (κ2) is 3.89. The van der Waals surface area contributed by atoms with Gasteiger partial charge in [0.15, 0.2) is 0 Å². The van der Waals surface area contributed by atoms with E-state index in [0.29, 0.717) is 17.9 Å². The smallest absolute Gasteiger partial charge is 0.239 e. The van der Waals surface area contributed by atoms with Crippen LogP contribution in [0.25, 0.3) is 0 Å². The number of hydrogen-bond acceptors (Lipinski definition) is 2. The van der Waals surface area contributed by atoms with Crippen molar-refractivity contribution >= 4 is 5.91 Å². The van der Waals surface area contributed by atoms with Crippen molar-refractivity contribution in [1.29, 1.82) is 0 Å². The van der Waals surface area contributed by atoms with Crippen molar-refractivity contribution in [3.05, 3.63) is 0 Å². The first-order valence-electron chi connectivity index (χ1n) is 5.71. The number of amides is 1. The van der Waals surface area contributed by atoms with Crippen molar-refractivity contribution in [3.8, 4) is 0 Å². The maximum absolute atomic E-state index is 11.9. The largest absolute Gasteiger partial charge is 0.341 e. The molecule has 1 aliphatic carbocycles. The molecule has 1 amide bonds. The van der Waals surface area contributed by atoms with Gasteiger partial charge in [0.2, 0.25) is 5.91 Å². The number of carbonyl (C=O) groups excluding carboxylic acids is 1. The quantitative estimate of drug-likeness (QED) is 0.727. The van der Waals surface area contributed by atoms with E-state index in [1.165, 1.54) is 12.8 Å². The normalized spacial score (nSPS) is 27.8. The van der Waals surface area contributed by atoms with Crippen LogP contribution < -0.4 is 5.32 Å². The summed E-state index contributed by atoms with van der Waals surface area (Å²) in [6, 6.07) is 0.768. The SMILES string of the molecule is CC(C)CN1CCC(NC2CC2)C1=O. The molecular weight excluding hydrogens is 176 g/mol. The first-order chi connectivity index (χ1) is 6.66. The molecule has 0 spiro atoms. The van der Waals surface area contributed by atoms with Crippen molar-refractivity contribution < 1.29 is 4.79 Å². The minimum atomic E-state index is 0.126. The molecule has 2 fully saturated rings. The van der Waals surface area contributed by atoms with Gasteiger partial charge in [0.1, 0.15) is 0 Å². The Bertz CT molecular complexity index is 209. The van der Waals surface area contributed by atoms with Crippen LogP contribution in [0.4, 0.5) is 0 Å². The molecule has 2 aliphatic rings. The molecule has 3 nitrogen and oxygen atoms in total. The molecule has 3 heteroatoms. The van der Waals surface area contributed by atoms with Gasteiger partial charge in [-0.15, -0.1) is 0 Å². The van der Waals surface area contributed by atoms with Gasteiger partial charge in [-0.05, 0) is 25.2 Å². The average molecular weight is 196 g/mol. The first kappa shape index (κ1) is 9.97. The zero-order valence-corrected chi connectivity index (χ0v) is 9.12. The number of nitrogens with zero attached hydrogens (tertiary/aromatic N) is 1. The summed E-state index contributed by atoms with van der Waals surface area (Å²) in [4.78, 5) is 13.9. The minimum absolute atomic E-state index is 0.126. The van der Waals surface area contributed by atoms with Crippen molar-refractivity contribution in [2.75, 3.05) is 13.1 Å². The molecule has 1 aliphatic heterocycles. The molecule has 1 saturated carbocycles. The predicted molar refractivity (Wildman–Crippen MR) is 56.0 cm³/mol. The van der Waals surface area contributed by atoms with Gasteiger partial charge in [0, 0.05) is 19.1 Å². The number of hydrogen-bond donors (Lipinski definition) is 1. The molecule has 1 N–H and O–H groups in total. The number of carbonyl (C=O) groups is 1. The Morgan fingerprint density at radius 1 is 1.43 bits per heavy atom. The summed E-state index contributed by atoms with van der Waals surface area (Å²) in [7, 11) is 0. The standard InChI is InChI=1S/C11H20N2O/c1-8(2)7-13-6-5-10(11(13)14)12-9-3-4-9/h8-10,12H,3-7H2,1-2H3. The van der Waals surface area contributed by atoms with Crippen LogP contribution in [0.1, 0.15) is 33.1 Å². The van der Waals surface area contributed by atoms with Crippen LogP contribution in [-0.4, -0.2) is 36.0 Å². The summed E-state index contributed by atoms with van der Waals surface area (Å²) in [6.07, 6.45) is 3.52. The maximum atomic E-state index is 11.9. The molecule has 1 saturated heterocycles. The molecule has 80 valence electrons. The van der Waals surface area contributed by atoms with Gasteiger partial charge in [0.05, 0.1) is 6.04 Å². The molecule has 0 aromatic rings. The third kappa shape index (κ3) is 2.27. The van der Waals surface area contributed by atoms with Gasteiger partial charge in [-0.25, -0.2) is 0 Å². The molecule has 0 radical (unpaired) electrons. The van der Waals surface area contributed by atoms with Gasteiger partial charge in [-0.1, -0.05) is 13.8 Å². The fourth-order valence-corrected chi connectivity index (χ4v) is 2.05. The summed E-state index contributed by atoms with van der Waals surface area (Å²) < 4.78 is 0. The Kier molecular flexibility index (Phi) is 2.77. The van der Waals surface area contributed by atoms with Gasteiger partial charge >= 0.3 is 0 Å². The van der Waals surface area contributed by atoms with Crippen molar-refractivity contribution in [1.82, 2.24) is 10.2 Å². The number of likely N-dealkylation sites (tertiary alicyclic amines) is 1. The lowest BCUT2D eigenvalue weighted by molar-refractivity contribution is -0.129. The summed E-state index contributed by atoms with van der Waals surface area (Å²) >= 11 is 0. The molecule has 1 unspecified atom stereocenters. The van der Waals surface area contributed by atoms with Crippen LogP contribution in [-0.2, 0) is 4.79 Å². The Balaban J connectivity index is 1.82. The topological polar surface area (TPSA) is 32.3 Å². The summed E-state index contributed by atoms with van der Waals surface area (Å²) in [5.41, 5.74) is 0. The van der Waals surface area contributed by atoms with E-state index in [9.17, 15) is 4.79 Å². The lowest BCUT2D eigenvalue weighted by Gasteiger charge is -2.19. The maximum Gasteiger partial charge on any atom is 0.239 e. The van der Waals surface area contributed by atoms with Crippen LogP contribution in [0.2, 0.25) is 0 Å². The zero-order chi connectivity index (χ0) is 10.1. The van der Waals surface area contributed by atoms with Crippen LogP contribution in [0.5, 0.6) is 0 Å². The van der Waals surface area contributed by atoms with Crippen molar-refractivity contribution in [2.24, 2.45) is 5.92 Å². The summed E-state index contributed by atoms with van der Waals surface area (Å²) in [6.45, 7) is 6.19. The van der Waals surface area contributed by atoms with E-state index in [2.05, 4.69) is 19.2 Å². The summed E-state index contributed by atoms with van der Waals surface area (Å²) in [5.74, 6) is 0.907. The van der Waals surface area contributed by atoms with Crippen LogP contribution in [0, 0.1) is 5.92 Å². The van der Waals surface area contributed by atoms with E-state index in [4.69, 9.17) is 0 Å². The van der Waals surface area contributed by atoms with Gasteiger partial charge in [-0.3, -0.25) is 4.79 Å². The van der Waals surface area contributed by atoms with E-state index in [1.807, 2.05) is 4.90 Å². The fourth-order valence-electron chi connectivity index (χ4n) is 2.05. The highest BCUT2D eigenvalue weighted by Gasteiger charge is 2.35. The second-order valence-electron chi connectivity index (χ2n) is 4.96. The van der Waals surface area contributed by atoms with E-state index in [0.717, 1.165) is 19.5 Å². The van der Waals surface area contributed by atoms with Crippen molar-refractivity contribution in [3.63, 3.8) is 0 Å². The third-order valence-corrected chi connectivity index (χ3v) is 2.90. The zero-order valence-electron chi connectivity index (χ0n) is 9.12. The Hall–Kier alpha value is -0.570. The molecule has 2 rings (SSSR count). The molecule has 14 heavy (non-hydrogen) atoms. The predicted octanol–water partition coefficient (Wildman–Crippen LogP) is 0.995. The van der Waals surface area contributed by atoms with Gasteiger partial charge in [-0.2, -0.15) is 0 Å². The van der Waals surface area contributed by atoms with Crippen LogP contribution >= 0.6 is 0 Å². The molecule has 0 aromatic heterocycles. The molecule has 0 aromatic carbocycles. The fraction of sp³-hybridized carbons (Fsp3) is 0.909. The Morgan fingerprint density at radius 2 is 2.14 bits per heavy atom.